The lowest BCUT2D eigenvalue weighted by atomic mass is 10.0. The summed E-state index contributed by atoms with van der Waals surface area (Å²) in [5, 5.41) is 0. The highest BCUT2D eigenvalue weighted by molar-refractivity contribution is 5.29. The summed E-state index contributed by atoms with van der Waals surface area (Å²) in [6, 6.07) is 20.5. The van der Waals surface area contributed by atoms with Crippen LogP contribution in [-0.2, 0) is 4.74 Å². The number of rotatable bonds is 5. The van der Waals surface area contributed by atoms with Gasteiger partial charge in [0.2, 0.25) is 0 Å². The van der Waals surface area contributed by atoms with Gasteiger partial charge in [0.15, 0.2) is 0 Å². The Morgan fingerprint density at radius 3 is 1.72 bits per heavy atom. The van der Waals surface area contributed by atoms with Crippen molar-refractivity contribution in [3.8, 4) is 0 Å². The summed E-state index contributed by atoms with van der Waals surface area (Å²) in [6.45, 7) is 2.52. The van der Waals surface area contributed by atoms with Crippen molar-refractivity contribution < 1.29 is 4.74 Å². The molecule has 2 nitrogen and oxygen atoms in total. The fraction of sp³-hybridized carbons (Fsp3) is 0.250. The molecule has 0 saturated heterocycles. The van der Waals surface area contributed by atoms with Crippen LogP contribution in [0.15, 0.2) is 60.7 Å². The summed E-state index contributed by atoms with van der Waals surface area (Å²) >= 11 is 0. The molecule has 0 heterocycles. The second kappa shape index (κ2) is 6.34. The van der Waals surface area contributed by atoms with Crippen molar-refractivity contribution in [1.82, 2.24) is 0 Å². The molecule has 2 rings (SSSR count). The molecule has 0 aliphatic rings. The van der Waals surface area contributed by atoms with Gasteiger partial charge in [-0.15, -0.1) is 0 Å². The molecule has 0 aliphatic heterocycles. The highest BCUT2D eigenvalue weighted by atomic mass is 16.5. The fourth-order valence-corrected chi connectivity index (χ4v) is 1.89. The quantitative estimate of drug-likeness (QED) is 0.872. The maximum absolute atomic E-state index is 6.05. The first kappa shape index (κ1) is 12.8. The van der Waals surface area contributed by atoms with Crippen molar-refractivity contribution in [3.63, 3.8) is 0 Å². The van der Waals surface area contributed by atoms with E-state index in [1.807, 2.05) is 43.3 Å². The van der Waals surface area contributed by atoms with Crippen molar-refractivity contribution >= 4 is 0 Å². The van der Waals surface area contributed by atoms with Gasteiger partial charge in [-0.1, -0.05) is 60.7 Å². The molecule has 18 heavy (non-hydrogen) atoms. The van der Waals surface area contributed by atoms with Crippen LogP contribution in [0.2, 0.25) is 0 Å². The van der Waals surface area contributed by atoms with Crippen LogP contribution in [0.5, 0.6) is 0 Å². The summed E-state index contributed by atoms with van der Waals surface area (Å²) in [7, 11) is 0. The Morgan fingerprint density at radius 1 is 0.889 bits per heavy atom. The summed E-state index contributed by atoms with van der Waals surface area (Å²) in [5.41, 5.74) is 7.96. The molecule has 0 saturated carbocycles. The summed E-state index contributed by atoms with van der Waals surface area (Å²) in [5.74, 6) is 0. The smallest absolute Gasteiger partial charge is 0.108 e. The zero-order chi connectivity index (χ0) is 12.8. The maximum atomic E-state index is 6.05. The minimum absolute atomic E-state index is 0.0374. The minimum Gasteiger partial charge on any atom is -0.365 e. The zero-order valence-electron chi connectivity index (χ0n) is 10.6. The lowest BCUT2D eigenvalue weighted by Crippen LogP contribution is -2.23. The van der Waals surface area contributed by atoms with Crippen LogP contribution < -0.4 is 5.73 Å². The van der Waals surface area contributed by atoms with E-state index in [1.165, 1.54) is 0 Å². The second-order valence-electron chi connectivity index (χ2n) is 4.38. The summed E-state index contributed by atoms with van der Waals surface area (Å²) in [4.78, 5) is 0. The van der Waals surface area contributed by atoms with E-state index in [0.29, 0.717) is 6.54 Å². The molecule has 94 valence electrons. The minimum atomic E-state index is -0.0500. The second-order valence-corrected chi connectivity index (χ2v) is 4.38. The van der Waals surface area contributed by atoms with E-state index >= 15 is 0 Å². The molecular weight excluding hydrogens is 222 g/mol. The van der Waals surface area contributed by atoms with E-state index in [1.54, 1.807) is 0 Å². The first-order valence-corrected chi connectivity index (χ1v) is 6.26. The van der Waals surface area contributed by atoms with Gasteiger partial charge in [-0.25, -0.2) is 0 Å². The van der Waals surface area contributed by atoms with E-state index in [2.05, 4.69) is 24.3 Å². The number of hydrogen-bond donors (Lipinski definition) is 1. The standard InChI is InChI=1S/C16H19NO/c1-13(12-17)18-16(14-8-4-2-5-9-14)15-10-6-3-7-11-15/h2-11,13,16H,12,17H2,1H3. The number of benzene rings is 2. The van der Waals surface area contributed by atoms with Gasteiger partial charge in [0.25, 0.3) is 0 Å². The third-order valence-corrected chi connectivity index (χ3v) is 2.90. The molecule has 0 aliphatic carbocycles. The van der Waals surface area contributed by atoms with Crippen LogP contribution in [0, 0.1) is 0 Å². The molecule has 0 radical (unpaired) electrons. The predicted octanol–water partition coefficient (Wildman–Crippen LogP) is 3.14. The Labute approximate surface area is 108 Å². The lowest BCUT2D eigenvalue weighted by molar-refractivity contribution is 0.0246. The molecule has 2 heteroatoms. The van der Waals surface area contributed by atoms with Crippen molar-refractivity contribution in [2.45, 2.75) is 19.1 Å². The normalized spacial score (nSPS) is 12.6. The number of nitrogens with two attached hydrogens (primary N) is 1. The molecule has 1 unspecified atom stereocenters. The van der Waals surface area contributed by atoms with Gasteiger partial charge < -0.3 is 10.5 Å². The largest absolute Gasteiger partial charge is 0.365 e. The topological polar surface area (TPSA) is 35.2 Å². The first-order valence-electron chi connectivity index (χ1n) is 6.26. The van der Waals surface area contributed by atoms with Gasteiger partial charge in [-0.3, -0.25) is 0 Å². The molecule has 0 spiro atoms. The van der Waals surface area contributed by atoms with Crippen LogP contribution in [0.3, 0.4) is 0 Å². The molecule has 0 fully saturated rings. The van der Waals surface area contributed by atoms with Gasteiger partial charge in [0.1, 0.15) is 6.10 Å². The molecule has 2 aromatic rings. The van der Waals surface area contributed by atoms with Gasteiger partial charge in [0.05, 0.1) is 6.10 Å². The zero-order valence-corrected chi connectivity index (χ0v) is 10.6. The Bertz CT molecular complexity index is 416. The summed E-state index contributed by atoms with van der Waals surface area (Å²) < 4.78 is 6.05. The van der Waals surface area contributed by atoms with Gasteiger partial charge in [-0.2, -0.15) is 0 Å². The monoisotopic (exact) mass is 241 g/mol. The average molecular weight is 241 g/mol. The van der Waals surface area contributed by atoms with E-state index in [0.717, 1.165) is 11.1 Å². The maximum Gasteiger partial charge on any atom is 0.108 e. The van der Waals surface area contributed by atoms with Gasteiger partial charge in [0, 0.05) is 6.54 Å². The molecule has 0 amide bonds. The number of ether oxygens (including phenoxy) is 1. The Hall–Kier alpha value is -1.64. The van der Waals surface area contributed by atoms with Crippen molar-refractivity contribution in [2.75, 3.05) is 6.54 Å². The van der Waals surface area contributed by atoms with Crippen LogP contribution in [0.1, 0.15) is 24.2 Å². The third kappa shape index (κ3) is 3.19. The summed E-state index contributed by atoms with van der Waals surface area (Å²) in [6.07, 6.45) is -0.0126. The fourth-order valence-electron chi connectivity index (χ4n) is 1.89. The van der Waals surface area contributed by atoms with Crippen molar-refractivity contribution in [1.29, 1.82) is 0 Å². The molecule has 0 bridgehead atoms. The first-order chi connectivity index (χ1) is 8.81. The van der Waals surface area contributed by atoms with Crippen LogP contribution in [-0.4, -0.2) is 12.6 Å². The molecular formula is C16H19NO. The van der Waals surface area contributed by atoms with E-state index < -0.39 is 0 Å². The van der Waals surface area contributed by atoms with Crippen molar-refractivity contribution in [2.24, 2.45) is 5.73 Å². The van der Waals surface area contributed by atoms with E-state index in [4.69, 9.17) is 10.5 Å². The molecule has 2 N–H and O–H groups in total. The molecule has 1 atom stereocenters. The number of hydrogen-bond acceptors (Lipinski definition) is 2. The Morgan fingerprint density at radius 2 is 1.33 bits per heavy atom. The molecule has 2 aromatic carbocycles. The highest BCUT2D eigenvalue weighted by Gasteiger charge is 2.16. The van der Waals surface area contributed by atoms with Crippen LogP contribution >= 0.6 is 0 Å². The SMILES string of the molecule is CC(CN)OC(c1ccccc1)c1ccccc1. The molecule has 0 aromatic heterocycles. The van der Waals surface area contributed by atoms with Gasteiger partial charge >= 0.3 is 0 Å². The Kier molecular flexibility index (Phi) is 4.51. The average Bonchev–Trinajstić information content (AvgIpc) is 2.46. The van der Waals surface area contributed by atoms with Crippen LogP contribution in [0.4, 0.5) is 0 Å². The lowest BCUT2D eigenvalue weighted by Gasteiger charge is -2.22. The van der Waals surface area contributed by atoms with E-state index in [9.17, 15) is 0 Å². The predicted molar refractivity (Wildman–Crippen MR) is 74.3 cm³/mol. The van der Waals surface area contributed by atoms with Gasteiger partial charge in [-0.05, 0) is 18.1 Å². The van der Waals surface area contributed by atoms with Crippen molar-refractivity contribution in [3.05, 3.63) is 71.8 Å². The third-order valence-electron chi connectivity index (χ3n) is 2.90. The van der Waals surface area contributed by atoms with E-state index in [-0.39, 0.29) is 12.2 Å². The highest BCUT2D eigenvalue weighted by Crippen LogP contribution is 2.26. The Balaban J connectivity index is 2.29. The van der Waals surface area contributed by atoms with Crippen LogP contribution in [0.25, 0.3) is 0 Å².